The van der Waals surface area contributed by atoms with Crippen molar-refractivity contribution in [3.8, 4) is 16.9 Å². The molecule has 2 aromatic carbocycles. The molecule has 1 N–H and O–H groups in total. The molecule has 5 aromatic rings. The van der Waals surface area contributed by atoms with Gasteiger partial charge in [-0.05, 0) is 59.7 Å². The van der Waals surface area contributed by atoms with Gasteiger partial charge in [0.1, 0.15) is 5.82 Å². The Morgan fingerprint density at radius 1 is 1.00 bits per heavy atom. The highest BCUT2D eigenvalue weighted by atomic mass is 19.1. The first-order chi connectivity index (χ1) is 18.9. The fraction of sp³-hybridized carbons (Fsp3) is 0.312. The molecule has 200 valence electrons. The third-order valence-corrected chi connectivity index (χ3v) is 7.95. The molecular formula is C32H33F2N5. The highest BCUT2D eigenvalue weighted by Crippen LogP contribution is 2.39. The van der Waals surface area contributed by atoms with Gasteiger partial charge in [-0.3, -0.25) is 0 Å². The summed E-state index contributed by atoms with van der Waals surface area (Å²) in [6.07, 6.45) is 5.93. The number of aromatic nitrogens is 4. The second kappa shape index (κ2) is 9.95. The van der Waals surface area contributed by atoms with Crippen molar-refractivity contribution >= 4 is 16.7 Å². The molecule has 1 aliphatic rings. The Hall–Kier alpha value is -4.00. The number of rotatable bonds is 6. The molecule has 3 aromatic heterocycles. The number of para-hydroxylation sites is 1. The number of benzene rings is 2. The minimum atomic E-state index is -0.307. The summed E-state index contributed by atoms with van der Waals surface area (Å²) in [5.74, 6) is -0.0386. The zero-order chi connectivity index (χ0) is 27.3. The third-order valence-electron chi connectivity index (χ3n) is 7.95. The van der Waals surface area contributed by atoms with E-state index in [0.717, 1.165) is 52.0 Å². The Morgan fingerprint density at radius 2 is 1.77 bits per heavy atom. The number of fused-ring (bicyclic) bond motifs is 2. The monoisotopic (exact) mass is 525 g/mol. The Morgan fingerprint density at radius 3 is 2.46 bits per heavy atom. The Kier molecular flexibility index (Phi) is 6.45. The van der Waals surface area contributed by atoms with Crippen molar-refractivity contribution in [2.45, 2.75) is 59.4 Å². The van der Waals surface area contributed by atoms with Crippen molar-refractivity contribution in [1.29, 1.82) is 0 Å². The summed E-state index contributed by atoms with van der Waals surface area (Å²) >= 11 is 0. The molecular weight excluding hydrogens is 492 g/mol. The van der Waals surface area contributed by atoms with Gasteiger partial charge in [0, 0.05) is 48.4 Å². The maximum atomic E-state index is 15.3. The molecule has 0 saturated carbocycles. The number of aryl methyl sites for hydroxylation is 2. The lowest BCUT2D eigenvalue weighted by Crippen LogP contribution is -2.31. The second-order valence-electron chi connectivity index (χ2n) is 10.6. The van der Waals surface area contributed by atoms with Gasteiger partial charge in [-0.1, -0.05) is 45.9 Å². The summed E-state index contributed by atoms with van der Waals surface area (Å²) in [5.41, 5.74) is 8.68. The summed E-state index contributed by atoms with van der Waals surface area (Å²) in [5, 5.41) is 5.99. The summed E-state index contributed by atoms with van der Waals surface area (Å²) in [7, 11) is 0. The minimum absolute atomic E-state index is 0.201. The molecule has 0 aliphatic carbocycles. The largest absolute Gasteiger partial charge is 0.359 e. The molecule has 1 aliphatic heterocycles. The third kappa shape index (κ3) is 4.20. The SMILES string of the molecule is CCc1cccc(CC)c1-n1nc2c(c1-c1ccc(F)c3[nH]ccc13)CN(c1ncc(C(C)C)cc1F)CC2. The number of aromatic amines is 1. The van der Waals surface area contributed by atoms with Crippen LogP contribution in [0.2, 0.25) is 0 Å². The van der Waals surface area contributed by atoms with Gasteiger partial charge in [0.25, 0.3) is 0 Å². The van der Waals surface area contributed by atoms with Gasteiger partial charge in [-0.25, -0.2) is 18.4 Å². The van der Waals surface area contributed by atoms with Crippen LogP contribution in [0.15, 0.2) is 54.9 Å². The van der Waals surface area contributed by atoms with Gasteiger partial charge in [0.05, 0.1) is 22.6 Å². The number of nitrogens with one attached hydrogen (secondary N) is 1. The lowest BCUT2D eigenvalue weighted by atomic mass is 9.97. The minimum Gasteiger partial charge on any atom is -0.359 e. The van der Waals surface area contributed by atoms with E-state index in [1.165, 1.54) is 17.2 Å². The van der Waals surface area contributed by atoms with Crippen LogP contribution in [0.4, 0.5) is 14.6 Å². The van der Waals surface area contributed by atoms with Gasteiger partial charge in [-0.15, -0.1) is 0 Å². The molecule has 0 unspecified atom stereocenters. The molecule has 5 nitrogen and oxygen atoms in total. The molecule has 0 amide bonds. The number of hydrogen-bond donors (Lipinski definition) is 1. The van der Waals surface area contributed by atoms with Crippen molar-refractivity contribution in [3.05, 3.63) is 94.4 Å². The number of anilines is 1. The lowest BCUT2D eigenvalue weighted by molar-refractivity contribution is 0.595. The van der Waals surface area contributed by atoms with Crippen LogP contribution in [0.5, 0.6) is 0 Å². The first-order valence-electron chi connectivity index (χ1n) is 13.8. The van der Waals surface area contributed by atoms with Gasteiger partial charge in [-0.2, -0.15) is 5.10 Å². The van der Waals surface area contributed by atoms with Crippen molar-refractivity contribution < 1.29 is 8.78 Å². The average molecular weight is 526 g/mol. The molecule has 0 spiro atoms. The van der Waals surface area contributed by atoms with E-state index in [0.29, 0.717) is 30.8 Å². The van der Waals surface area contributed by atoms with Crippen LogP contribution in [-0.2, 0) is 25.8 Å². The van der Waals surface area contributed by atoms with Crippen molar-refractivity contribution in [2.24, 2.45) is 0 Å². The van der Waals surface area contributed by atoms with Crippen molar-refractivity contribution in [3.63, 3.8) is 0 Å². The summed E-state index contributed by atoms with van der Waals surface area (Å²) < 4.78 is 32.1. The topological polar surface area (TPSA) is 49.7 Å². The molecule has 6 rings (SSSR count). The lowest BCUT2D eigenvalue weighted by Gasteiger charge is -2.28. The van der Waals surface area contributed by atoms with Crippen LogP contribution < -0.4 is 4.90 Å². The zero-order valence-electron chi connectivity index (χ0n) is 22.9. The number of nitrogens with zero attached hydrogens (tertiary/aromatic N) is 4. The van der Waals surface area contributed by atoms with Crippen LogP contribution in [0.25, 0.3) is 27.8 Å². The highest BCUT2D eigenvalue weighted by molar-refractivity contribution is 5.96. The van der Waals surface area contributed by atoms with Crippen molar-refractivity contribution in [1.82, 2.24) is 19.7 Å². The second-order valence-corrected chi connectivity index (χ2v) is 10.6. The Labute approximate surface area is 227 Å². The van der Waals surface area contributed by atoms with E-state index < -0.39 is 0 Å². The number of halogens is 2. The first kappa shape index (κ1) is 25.3. The quantitative estimate of drug-likeness (QED) is 0.250. The normalized spacial score (nSPS) is 13.5. The van der Waals surface area contributed by atoms with Crippen LogP contribution in [0, 0.1) is 11.6 Å². The molecule has 4 heterocycles. The van der Waals surface area contributed by atoms with Gasteiger partial charge in [0.15, 0.2) is 11.6 Å². The Bertz CT molecular complexity index is 1660. The number of hydrogen-bond acceptors (Lipinski definition) is 3. The van der Waals surface area contributed by atoms with Gasteiger partial charge >= 0.3 is 0 Å². The van der Waals surface area contributed by atoms with Crippen molar-refractivity contribution in [2.75, 3.05) is 11.4 Å². The van der Waals surface area contributed by atoms with E-state index in [9.17, 15) is 4.39 Å². The predicted octanol–water partition coefficient (Wildman–Crippen LogP) is 7.50. The molecule has 0 fully saturated rings. The molecule has 0 bridgehead atoms. The van der Waals surface area contributed by atoms with Crippen LogP contribution in [-0.4, -0.2) is 26.3 Å². The smallest absolute Gasteiger partial charge is 0.165 e. The average Bonchev–Trinajstić information content (AvgIpc) is 3.58. The maximum Gasteiger partial charge on any atom is 0.165 e. The van der Waals surface area contributed by atoms with Crippen LogP contribution in [0.1, 0.15) is 61.6 Å². The van der Waals surface area contributed by atoms with E-state index in [2.05, 4.69) is 46.7 Å². The summed E-state index contributed by atoms with van der Waals surface area (Å²) in [6, 6.07) is 13.3. The molecule has 39 heavy (non-hydrogen) atoms. The molecule has 0 saturated heterocycles. The number of pyridine rings is 1. The molecule has 7 heteroatoms. The fourth-order valence-corrected chi connectivity index (χ4v) is 5.80. The van der Waals surface area contributed by atoms with E-state index in [-0.39, 0.29) is 17.6 Å². The predicted molar refractivity (Wildman–Crippen MR) is 153 cm³/mol. The van der Waals surface area contributed by atoms with E-state index in [4.69, 9.17) is 5.10 Å². The van der Waals surface area contributed by atoms with E-state index >= 15 is 4.39 Å². The van der Waals surface area contributed by atoms with Crippen LogP contribution >= 0.6 is 0 Å². The van der Waals surface area contributed by atoms with Gasteiger partial charge in [0.2, 0.25) is 0 Å². The van der Waals surface area contributed by atoms with E-state index in [1.807, 2.05) is 30.9 Å². The van der Waals surface area contributed by atoms with Gasteiger partial charge < -0.3 is 9.88 Å². The highest BCUT2D eigenvalue weighted by Gasteiger charge is 2.30. The standard InChI is InChI=1S/C32H33F2N5/c1-5-20-8-7-9-21(6-2)30(20)39-31(24-10-11-26(33)29-23(24)12-14-35-29)25-18-38(15-13-28(25)37-39)32-27(34)16-22(17-36-32)19(3)4/h7-12,14,16-17,19,35H,5-6,13,15,18H2,1-4H3. The fourth-order valence-electron chi connectivity index (χ4n) is 5.80. The van der Waals surface area contributed by atoms with Crippen LogP contribution in [0.3, 0.4) is 0 Å². The first-order valence-corrected chi connectivity index (χ1v) is 13.8. The summed E-state index contributed by atoms with van der Waals surface area (Å²) in [6.45, 7) is 9.46. The summed E-state index contributed by atoms with van der Waals surface area (Å²) in [4.78, 5) is 9.60. The van der Waals surface area contributed by atoms with E-state index in [1.54, 1.807) is 18.5 Å². The Balaban J connectivity index is 1.57. The molecule has 0 atom stereocenters. The number of H-pyrrole nitrogens is 1. The maximum absolute atomic E-state index is 15.3. The molecule has 0 radical (unpaired) electrons. The zero-order valence-corrected chi connectivity index (χ0v) is 22.9.